The number of hydrogen-bond acceptors (Lipinski definition) is 7. The van der Waals surface area contributed by atoms with Gasteiger partial charge in [0.1, 0.15) is 12.1 Å². The minimum atomic E-state index is -1.29. The fraction of sp³-hybridized carbons (Fsp3) is 0.500. The molecule has 0 fully saturated rings. The quantitative estimate of drug-likeness (QED) is 0.278. The smallest absolute Gasteiger partial charge is 0.321 e. The molecule has 0 aromatic rings. The summed E-state index contributed by atoms with van der Waals surface area (Å²) in [5.74, 6) is -5.00. The first kappa shape index (κ1) is 22.0. The van der Waals surface area contributed by atoms with E-state index in [1.54, 1.807) is 0 Å². The standard InChI is InChI=1S/2C4H7NO4.H3N/c2*5-2(4(8)9)1-3(6)7;/h2*2H,1,5H2,(H,6,7)(H,8,9);1H3/t2*2-;/m00./s1. The van der Waals surface area contributed by atoms with Crippen LogP contribution in [-0.4, -0.2) is 56.4 Å². The lowest BCUT2D eigenvalue weighted by molar-refractivity contribution is -0.144. The van der Waals surface area contributed by atoms with Crippen molar-refractivity contribution in [2.24, 2.45) is 11.5 Å². The monoisotopic (exact) mass is 283 g/mol. The molecular weight excluding hydrogens is 266 g/mol. The zero-order valence-corrected chi connectivity index (χ0v) is 9.85. The molecule has 0 spiro atoms. The molecule has 11 heteroatoms. The van der Waals surface area contributed by atoms with Gasteiger partial charge in [-0.3, -0.25) is 19.2 Å². The van der Waals surface area contributed by atoms with Crippen LogP contribution in [0.15, 0.2) is 0 Å². The fourth-order valence-corrected chi connectivity index (χ4v) is 0.551. The average Bonchev–Trinajstić information content (AvgIpc) is 2.16. The fourth-order valence-electron chi connectivity index (χ4n) is 0.551. The van der Waals surface area contributed by atoms with Gasteiger partial charge in [-0.05, 0) is 0 Å². The van der Waals surface area contributed by atoms with Crippen molar-refractivity contribution in [1.82, 2.24) is 6.15 Å². The van der Waals surface area contributed by atoms with Gasteiger partial charge in [0.05, 0.1) is 12.8 Å². The van der Waals surface area contributed by atoms with Crippen LogP contribution in [0.1, 0.15) is 12.8 Å². The second-order valence-electron chi connectivity index (χ2n) is 3.09. The Labute approximate surface area is 107 Å². The van der Waals surface area contributed by atoms with E-state index in [9.17, 15) is 19.2 Å². The molecule has 0 aliphatic heterocycles. The Morgan fingerprint density at radius 3 is 1.00 bits per heavy atom. The number of rotatable bonds is 6. The number of carbonyl (C=O) groups is 4. The van der Waals surface area contributed by atoms with Crippen LogP contribution >= 0.6 is 0 Å². The topological polar surface area (TPSA) is 236 Å². The summed E-state index contributed by atoms with van der Waals surface area (Å²) in [6.07, 6.45) is -1.06. The van der Waals surface area contributed by atoms with Crippen molar-refractivity contribution < 1.29 is 39.6 Å². The number of nitrogens with two attached hydrogens (primary N) is 2. The normalized spacial score (nSPS) is 11.9. The van der Waals surface area contributed by atoms with Crippen molar-refractivity contribution in [3.63, 3.8) is 0 Å². The molecule has 0 bridgehead atoms. The predicted molar refractivity (Wildman–Crippen MR) is 60.8 cm³/mol. The van der Waals surface area contributed by atoms with Gasteiger partial charge in [-0.2, -0.15) is 0 Å². The van der Waals surface area contributed by atoms with Gasteiger partial charge in [0.15, 0.2) is 0 Å². The van der Waals surface area contributed by atoms with Crippen LogP contribution in [-0.2, 0) is 19.2 Å². The van der Waals surface area contributed by atoms with E-state index in [0.717, 1.165) is 0 Å². The van der Waals surface area contributed by atoms with Crippen molar-refractivity contribution in [2.75, 3.05) is 0 Å². The number of carboxylic acids is 4. The second kappa shape index (κ2) is 10.9. The first-order valence-electron chi connectivity index (χ1n) is 4.48. The second-order valence-corrected chi connectivity index (χ2v) is 3.09. The molecular formula is C8H17N3O8. The maximum Gasteiger partial charge on any atom is 0.321 e. The Kier molecular flexibility index (Phi) is 12.6. The third-order valence-electron chi connectivity index (χ3n) is 1.42. The van der Waals surface area contributed by atoms with Crippen LogP contribution in [0.25, 0.3) is 0 Å². The Hall–Kier alpha value is -2.24. The van der Waals surface area contributed by atoms with Crippen LogP contribution in [0, 0.1) is 0 Å². The lowest BCUT2D eigenvalue weighted by atomic mass is 10.2. The molecule has 0 radical (unpaired) electrons. The molecule has 112 valence electrons. The van der Waals surface area contributed by atoms with E-state index in [1.165, 1.54) is 0 Å². The maximum atomic E-state index is 9.85. The van der Waals surface area contributed by atoms with E-state index in [4.69, 9.17) is 31.9 Å². The molecule has 0 aromatic carbocycles. The van der Waals surface area contributed by atoms with E-state index in [0.29, 0.717) is 0 Å². The summed E-state index contributed by atoms with van der Waals surface area (Å²) in [5, 5.41) is 32.1. The van der Waals surface area contributed by atoms with Crippen molar-refractivity contribution >= 4 is 23.9 Å². The van der Waals surface area contributed by atoms with Crippen LogP contribution in [0.5, 0.6) is 0 Å². The summed E-state index contributed by atoms with van der Waals surface area (Å²) in [6, 6.07) is -2.58. The van der Waals surface area contributed by atoms with Gasteiger partial charge in [0, 0.05) is 0 Å². The Morgan fingerprint density at radius 2 is 0.947 bits per heavy atom. The summed E-state index contributed by atoms with van der Waals surface area (Å²) in [5.41, 5.74) is 9.67. The van der Waals surface area contributed by atoms with E-state index >= 15 is 0 Å². The minimum absolute atomic E-state index is 0. The van der Waals surface area contributed by atoms with Gasteiger partial charge in [0.2, 0.25) is 0 Å². The molecule has 0 amide bonds. The first-order valence-corrected chi connectivity index (χ1v) is 4.48. The van der Waals surface area contributed by atoms with Crippen molar-refractivity contribution in [3.05, 3.63) is 0 Å². The highest BCUT2D eigenvalue weighted by atomic mass is 16.4. The van der Waals surface area contributed by atoms with Gasteiger partial charge in [-0.15, -0.1) is 0 Å². The van der Waals surface area contributed by atoms with Gasteiger partial charge < -0.3 is 38.0 Å². The maximum absolute atomic E-state index is 9.85. The molecule has 2 atom stereocenters. The largest absolute Gasteiger partial charge is 0.481 e. The third-order valence-corrected chi connectivity index (χ3v) is 1.42. The average molecular weight is 283 g/mol. The molecule has 11 N–H and O–H groups in total. The van der Waals surface area contributed by atoms with Crippen molar-refractivity contribution in [2.45, 2.75) is 24.9 Å². The minimum Gasteiger partial charge on any atom is -0.481 e. The van der Waals surface area contributed by atoms with Gasteiger partial charge in [0.25, 0.3) is 0 Å². The highest BCUT2D eigenvalue weighted by Gasteiger charge is 2.15. The van der Waals surface area contributed by atoms with Crippen molar-refractivity contribution in [3.8, 4) is 0 Å². The van der Waals surface area contributed by atoms with Crippen molar-refractivity contribution in [1.29, 1.82) is 0 Å². The third kappa shape index (κ3) is 15.8. The summed E-state index contributed by atoms with van der Waals surface area (Å²) >= 11 is 0. The van der Waals surface area contributed by atoms with Gasteiger partial charge in [-0.1, -0.05) is 0 Å². The van der Waals surface area contributed by atoms with Crippen LogP contribution in [0.4, 0.5) is 0 Å². The van der Waals surface area contributed by atoms with E-state index in [1.807, 2.05) is 0 Å². The van der Waals surface area contributed by atoms with E-state index in [2.05, 4.69) is 0 Å². The molecule has 0 aliphatic rings. The molecule has 0 rings (SSSR count). The lowest BCUT2D eigenvalue weighted by Crippen LogP contribution is -2.32. The van der Waals surface area contributed by atoms with E-state index < -0.39 is 48.8 Å². The Balaban J connectivity index is -0.000000256. The van der Waals surface area contributed by atoms with E-state index in [-0.39, 0.29) is 6.15 Å². The molecule has 0 unspecified atom stereocenters. The molecule has 0 aliphatic carbocycles. The van der Waals surface area contributed by atoms with Crippen LogP contribution < -0.4 is 17.6 Å². The highest BCUT2D eigenvalue weighted by molar-refractivity contribution is 5.80. The zero-order chi connectivity index (χ0) is 14.9. The van der Waals surface area contributed by atoms with Crippen LogP contribution in [0.3, 0.4) is 0 Å². The number of aliphatic carboxylic acids is 4. The summed E-state index contributed by atoms with van der Waals surface area (Å²) in [7, 11) is 0. The molecule has 0 saturated heterocycles. The van der Waals surface area contributed by atoms with Gasteiger partial charge >= 0.3 is 23.9 Å². The molecule has 11 nitrogen and oxygen atoms in total. The molecule has 0 saturated carbocycles. The van der Waals surface area contributed by atoms with Gasteiger partial charge in [-0.25, -0.2) is 0 Å². The Morgan fingerprint density at radius 1 is 0.737 bits per heavy atom. The number of carboxylic acid groups (broad SMARTS) is 4. The lowest BCUT2D eigenvalue weighted by Gasteiger charge is -1.99. The highest BCUT2D eigenvalue weighted by Crippen LogP contribution is 1.86. The SMILES string of the molecule is N.N[C@@H](CC(=O)O)C(=O)O.N[C@@H](CC(=O)O)C(=O)O. The summed E-state index contributed by atoms with van der Waals surface area (Å²) in [6.45, 7) is 0. The Bertz CT molecular complexity index is 300. The number of hydrogen-bond donors (Lipinski definition) is 7. The molecule has 0 heterocycles. The van der Waals surface area contributed by atoms with Crippen LogP contribution in [0.2, 0.25) is 0 Å². The molecule has 0 aromatic heterocycles. The summed E-state index contributed by atoms with van der Waals surface area (Å²) in [4.78, 5) is 39.2. The zero-order valence-electron chi connectivity index (χ0n) is 9.85. The molecule has 19 heavy (non-hydrogen) atoms. The first-order chi connectivity index (χ1) is 8.07. The summed E-state index contributed by atoms with van der Waals surface area (Å²) < 4.78 is 0. The predicted octanol–water partition coefficient (Wildman–Crippen LogP) is -2.09.